The van der Waals surface area contributed by atoms with Crippen LogP contribution >= 0.6 is 0 Å². The van der Waals surface area contributed by atoms with Crippen molar-refractivity contribution in [1.82, 2.24) is 5.32 Å². The molecule has 0 saturated heterocycles. The second-order valence-corrected chi connectivity index (χ2v) is 24.9. The maximum Gasteiger partial charge on any atom is 0.305 e. The van der Waals surface area contributed by atoms with Gasteiger partial charge in [-0.25, -0.2) is 0 Å². The quantitative estimate of drug-likeness (QED) is 0.0320. The van der Waals surface area contributed by atoms with Crippen molar-refractivity contribution in [3.63, 3.8) is 0 Å². The van der Waals surface area contributed by atoms with E-state index < -0.39 is 12.1 Å². The highest BCUT2D eigenvalue weighted by atomic mass is 16.5. The lowest BCUT2D eigenvalue weighted by Crippen LogP contribution is -2.45. The number of esters is 1. The smallest absolute Gasteiger partial charge is 0.305 e. The number of hydrogen-bond donors (Lipinski definition) is 3. The van der Waals surface area contributed by atoms with Crippen LogP contribution in [0.4, 0.5) is 0 Å². The molecule has 2 atom stereocenters. The van der Waals surface area contributed by atoms with E-state index >= 15 is 0 Å². The zero-order valence-electron chi connectivity index (χ0n) is 54.1. The zero-order chi connectivity index (χ0) is 57.8. The van der Waals surface area contributed by atoms with Crippen molar-refractivity contribution in [2.24, 2.45) is 0 Å². The van der Waals surface area contributed by atoms with Crippen molar-refractivity contribution in [3.05, 3.63) is 36.5 Å². The van der Waals surface area contributed by atoms with Gasteiger partial charge in [-0.3, -0.25) is 9.59 Å². The van der Waals surface area contributed by atoms with Crippen LogP contribution in [0.2, 0.25) is 0 Å². The molecule has 80 heavy (non-hydrogen) atoms. The summed E-state index contributed by atoms with van der Waals surface area (Å²) in [5, 5.41) is 23.2. The molecule has 1 amide bonds. The summed E-state index contributed by atoms with van der Waals surface area (Å²) in [4.78, 5) is 24.6. The highest BCUT2D eigenvalue weighted by Gasteiger charge is 2.18. The van der Waals surface area contributed by atoms with Gasteiger partial charge in [-0.15, -0.1) is 0 Å². The summed E-state index contributed by atoms with van der Waals surface area (Å²) in [6.07, 6.45) is 89.4. The maximum atomic E-state index is 12.5. The molecular formula is C74H141NO5. The minimum atomic E-state index is -0.846. The molecule has 0 saturated carbocycles. The summed E-state index contributed by atoms with van der Waals surface area (Å²) in [5.41, 5.74) is 0. The fourth-order valence-electron chi connectivity index (χ4n) is 11.3. The molecule has 6 nitrogen and oxygen atoms in total. The molecule has 0 bridgehead atoms. The second kappa shape index (κ2) is 69.6. The zero-order valence-corrected chi connectivity index (χ0v) is 54.1. The molecule has 0 aromatic rings. The predicted octanol–water partition coefficient (Wildman–Crippen LogP) is 23.5. The summed E-state index contributed by atoms with van der Waals surface area (Å²) in [6.45, 7) is 4.93. The van der Waals surface area contributed by atoms with Crippen molar-refractivity contribution in [1.29, 1.82) is 0 Å². The van der Waals surface area contributed by atoms with Gasteiger partial charge in [0.15, 0.2) is 0 Å². The summed E-state index contributed by atoms with van der Waals surface area (Å²) in [5.74, 6) is -0.0528. The van der Waals surface area contributed by atoms with E-state index in [2.05, 4.69) is 43.5 Å². The molecular weight excluding hydrogens is 983 g/mol. The molecule has 0 aliphatic carbocycles. The fraction of sp³-hybridized carbons (Fsp3) is 0.892. The number of rotatable bonds is 68. The number of carbonyl (C=O) groups is 2. The summed E-state index contributed by atoms with van der Waals surface area (Å²) in [6, 6.07) is -0.630. The van der Waals surface area contributed by atoms with E-state index in [4.69, 9.17) is 4.74 Å². The molecule has 0 aromatic carbocycles. The van der Waals surface area contributed by atoms with Gasteiger partial charge >= 0.3 is 5.97 Å². The SMILES string of the molecule is CCCCCCCC/C=C\CCCCCCCCCCCC(=O)OCCCCCCCCCCCCCC/C=C\CCCCCCCCCCCCC(=O)NC(CO)C(O)/C=C/CCCCCCCCCCCCCCCCCC. The van der Waals surface area contributed by atoms with Crippen LogP contribution in [0.1, 0.15) is 399 Å². The van der Waals surface area contributed by atoms with E-state index in [0.717, 1.165) is 44.9 Å². The lowest BCUT2D eigenvalue weighted by atomic mass is 10.0. The third-order valence-electron chi connectivity index (χ3n) is 16.9. The minimum Gasteiger partial charge on any atom is -0.466 e. The first kappa shape index (κ1) is 78.1. The first-order chi connectivity index (χ1) is 39.5. The predicted molar refractivity (Wildman–Crippen MR) is 352 cm³/mol. The first-order valence-electron chi connectivity index (χ1n) is 36.3. The Kier molecular flexibility index (Phi) is 67.9. The fourth-order valence-corrected chi connectivity index (χ4v) is 11.3. The molecule has 0 aromatic heterocycles. The summed E-state index contributed by atoms with van der Waals surface area (Å²) in [7, 11) is 0. The average molecular weight is 1120 g/mol. The van der Waals surface area contributed by atoms with Crippen LogP contribution in [0, 0.1) is 0 Å². The molecule has 6 heteroatoms. The third kappa shape index (κ3) is 65.2. The molecule has 0 aliphatic rings. The largest absolute Gasteiger partial charge is 0.466 e. The number of ether oxygens (including phenoxy) is 1. The van der Waals surface area contributed by atoms with Gasteiger partial charge in [0.05, 0.1) is 25.4 Å². The molecule has 3 N–H and O–H groups in total. The van der Waals surface area contributed by atoms with Gasteiger partial charge in [0.2, 0.25) is 5.91 Å². The Hall–Kier alpha value is -1.92. The van der Waals surface area contributed by atoms with Gasteiger partial charge in [0, 0.05) is 12.8 Å². The second-order valence-electron chi connectivity index (χ2n) is 24.9. The average Bonchev–Trinajstić information content (AvgIpc) is 3.46. The van der Waals surface area contributed by atoms with Gasteiger partial charge in [0.1, 0.15) is 0 Å². The Labute approximate surface area is 500 Å². The third-order valence-corrected chi connectivity index (χ3v) is 16.9. The monoisotopic (exact) mass is 1120 g/mol. The number of unbranched alkanes of at least 4 members (excludes halogenated alkanes) is 53. The van der Waals surface area contributed by atoms with Crippen molar-refractivity contribution < 1.29 is 24.5 Å². The molecule has 0 rings (SSSR count). The van der Waals surface area contributed by atoms with Crippen LogP contribution in [-0.4, -0.2) is 47.4 Å². The lowest BCUT2D eigenvalue weighted by Gasteiger charge is -2.20. The van der Waals surface area contributed by atoms with Crippen LogP contribution < -0.4 is 5.32 Å². The summed E-state index contributed by atoms with van der Waals surface area (Å²) < 4.78 is 5.51. The van der Waals surface area contributed by atoms with E-state index in [0.29, 0.717) is 19.4 Å². The number of amides is 1. The standard InChI is InChI=1S/C74H141NO5/c1-3-5-7-9-11-13-15-17-19-21-31-36-40-44-48-52-56-60-64-68-74(79)80-69-65-61-57-53-49-45-41-37-33-30-28-26-24-23-25-27-29-32-35-39-43-47-51-55-59-63-67-73(78)75-71(70-76)72(77)66-62-58-54-50-46-42-38-34-22-20-18-16-14-12-10-8-6-4-2/h17,19,23,25,62,66,71-72,76-77H,3-16,18,20-22,24,26-61,63-65,67-70H2,1-2H3,(H,75,78)/b19-17-,25-23-,66-62+. The number of nitrogens with one attached hydrogen (secondary N) is 1. The van der Waals surface area contributed by atoms with E-state index in [1.165, 1.54) is 327 Å². The Morgan fingerprint density at radius 1 is 0.338 bits per heavy atom. The van der Waals surface area contributed by atoms with Crippen LogP contribution in [0.15, 0.2) is 36.5 Å². The Bertz CT molecular complexity index is 1300. The van der Waals surface area contributed by atoms with Crippen LogP contribution in [0.5, 0.6) is 0 Å². The van der Waals surface area contributed by atoms with Crippen molar-refractivity contribution >= 4 is 11.9 Å². The van der Waals surface area contributed by atoms with Crippen LogP contribution in [-0.2, 0) is 14.3 Å². The number of hydrogen-bond acceptors (Lipinski definition) is 5. The molecule has 0 radical (unpaired) electrons. The van der Waals surface area contributed by atoms with Gasteiger partial charge in [-0.1, -0.05) is 339 Å². The topological polar surface area (TPSA) is 95.9 Å². The number of aliphatic hydroxyl groups is 2. The summed E-state index contributed by atoms with van der Waals surface area (Å²) >= 11 is 0. The van der Waals surface area contributed by atoms with Crippen molar-refractivity contribution in [3.8, 4) is 0 Å². The van der Waals surface area contributed by atoms with Crippen LogP contribution in [0.3, 0.4) is 0 Å². The molecule has 0 aliphatic heterocycles. The van der Waals surface area contributed by atoms with Gasteiger partial charge in [-0.05, 0) is 83.5 Å². The number of allylic oxidation sites excluding steroid dienone is 5. The molecule has 0 spiro atoms. The number of carbonyl (C=O) groups excluding carboxylic acids is 2. The van der Waals surface area contributed by atoms with Crippen molar-refractivity contribution in [2.75, 3.05) is 13.2 Å². The van der Waals surface area contributed by atoms with E-state index in [-0.39, 0.29) is 18.5 Å². The van der Waals surface area contributed by atoms with E-state index in [1.807, 2.05) is 6.08 Å². The van der Waals surface area contributed by atoms with Gasteiger partial charge in [-0.2, -0.15) is 0 Å². The number of aliphatic hydroxyl groups excluding tert-OH is 2. The Balaban J connectivity index is 3.40. The van der Waals surface area contributed by atoms with E-state index in [9.17, 15) is 19.8 Å². The normalized spacial score (nSPS) is 12.7. The maximum absolute atomic E-state index is 12.5. The van der Waals surface area contributed by atoms with Gasteiger partial charge < -0.3 is 20.3 Å². The Morgan fingerprint density at radius 2 is 0.588 bits per heavy atom. The van der Waals surface area contributed by atoms with Gasteiger partial charge in [0.25, 0.3) is 0 Å². The lowest BCUT2D eigenvalue weighted by molar-refractivity contribution is -0.143. The Morgan fingerprint density at radius 3 is 0.887 bits per heavy atom. The van der Waals surface area contributed by atoms with Crippen LogP contribution in [0.25, 0.3) is 0 Å². The molecule has 0 heterocycles. The minimum absolute atomic E-state index is 0.0141. The van der Waals surface area contributed by atoms with Crippen molar-refractivity contribution in [2.45, 2.75) is 411 Å². The highest BCUT2D eigenvalue weighted by molar-refractivity contribution is 5.76. The molecule has 472 valence electrons. The van der Waals surface area contributed by atoms with E-state index in [1.54, 1.807) is 6.08 Å². The highest BCUT2D eigenvalue weighted by Crippen LogP contribution is 2.18. The first-order valence-corrected chi connectivity index (χ1v) is 36.3. The molecule has 2 unspecified atom stereocenters. The molecule has 0 fully saturated rings.